The topological polar surface area (TPSA) is 0 Å². The van der Waals surface area contributed by atoms with Gasteiger partial charge in [-0.05, 0) is 96.6 Å². The second-order valence-electron chi connectivity index (χ2n) is 12.1. The van der Waals surface area contributed by atoms with Crippen molar-refractivity contribution in [3.8, 4) is 0 Å². The summed E-state index contributed by atoms with van der Waals surface area (Å²) < 4.78 is 0. The smallest absolute Gasteiger partial charge is 0.0201 e. The molecule has 41 heavy (non-hydrogen) atoms. The van der Waals surface area contributed by atoms with Gasteiger partial charge in [-0.25, -0.2) is 0 Å². The summed E-state index contributed by atoms with van der Waals surface area (Å²) in [4.78, 5) is 0. The van der Waals surface area contributed by atoms with E-state index in [9.17, 15) is 0 Å². The molecule has 2 unspecified atom stereocenters. The molecule has 1 saturated carbocycles. The first-order chi connectivity index (χ1) is 19.7. The minimum Gasteiger partial charge on any atom is -0.0955 e. The fraction of sp³-hybridized carbons (Fsp3) is 0.268. The molecule has 1 fully saturated rings. The first kappa shape index (κ1) is 28.6. The van der Waals surface area contributed by atoms with E-state index in [0.717, 1.165) is 37.7 Å². The minimum absolute atomic E-state index is 0.278. The van der Waals surface area contributed by atoms with Crippen LogP contribution < -0.4 is 0 Å². The Balaban J connectivity index is 1.36. The van der Waals surface area contributed by atoms with Crippen LogP contribution in [0.25, 0.3) is 11.6 Å². The van der Waals surface area contributed by atoms with Crippen LogP contribution in [0.4, 0.5) is 0 Å². The number of hydrogen-bond donors (Lipinski definition) is 0. The average molecular weight is 537 g/mol. The lowest BCUT2D eigenvalue weighted by atomic mass is 9.69. The first-order valence-corrected chi connectivity index (χ1v) is 15.1. The molecule has 3 aromatic rings. The first-order valence-electron chi connectivity index (χ1n) is 15.1. The molecule has 0 aliphatic heterocycles. The number of aryl methyl sites for hydroxylation is 3. The summed E-state index contributed by atoms with van der Waals surface area (Å²) in [7, 11) is 0. The Morgan fingerprint density at radius 3 is 2.02 bits per heavy atom. The molecule has 208 valence electrons. The van der Waals surface area contributed by atoms with Gasteiger partial charge >= 0.3 is 0 Å². The van der Waals surface area contributed by atoms with E-state index in [1.807, 2.05) is 0 Å². The molecule has 5 rings (SSSR count). The SMILES string of the molecule is C=C(CCC)C1=C(C)C=C2CC(=Cc3ccc(CCc4ccc(C(=C)C)cc4)cc3)C(=C)C2C1c1ccc(C)cc1. The normalized spacial score (nSPS) is 19.4. The number of rotatable bonds is 9. The molecule has 0 radical (unpaired) electrons. The van der Waals surface area contributed by atoms with Gasteiger partial charge in [0, 0.05) is 11.8 Å². The zero-order chi connectivity index (χ0) is 29.1. The van der Waals surface area contributed by atoms with Gasteiger partial charge in [0.15, 0.2) is 0 Å². The molecule has 0 saturated heterocycles. The van der Waals surface area contributed by atoms with Crippen molar-refractivity contribution < 1.29 is 0 Å². The van der Waals surface area contributed by atoms with Gasteiger partial charge in [-0.15, -0.1) is 0 Å². The summed E-state index contributed by atoms with van der Waals surface area (Å²) in [6, 6.07) is 27.0. The van der Waals surface area contributed by atoms with E-state index >= 15 is 0 Å². The van der Waals surface area contributed by atoms with Gasteiger partial charge in [0.1, 0.15) is 0 Å². The van der Waals surface area contributed by atoms with Crippen molar-refractivity contribution in [3.05, 3.63) is 165 Å². The van der Waals surface area contributed by atoms with E-state index < -0.39 is 0 Å². The van der Waals surface area contributed by atoms with Crippen LogP contribution in [0.3, 0.4) is 0 Å². The van der Waals surface area contributed by atoms with Gasteiger partial charge in [0.25, 0.3) is 0 Å². The number of hydrogen-bond acceptors (Lipinski definition) is 0. The highest BCUT2D eigenvalue weighted by molar-refractivity contribution is 5.67. The molecular weight excluding hydrogens is 492 g/mol. The quantitative estimate of drug-likeness (QED) is 0.255. The van der Waals surface area contributed by atoms with Crippen LogP contribution in [-0.2, 0) is 12.8 Å². The van der Waals surface area contributed by atoms with Crippen LogP contribution >= 0.6 is 0 Å². The van der Waals surface area contributed by atoms with E-state index in [1.165, 1.54) is 66.8 Å². The Morgan fingerprint density at radius 2 is 1.44 bits per heavy atom. The third-order valence-corrected chi connectivity index (χ3v) is 8.89. The predicted octanol–water partition coefficient (Wildman–Crippen LogP) is 11.2. The van der Waals surface area contributed by atoms with Gasteiger partial charge in [0.05, 0.1) is 0 Å². The molecule has 0 nitrogen and oxygen atoms in total. The minimum atomic E-state index is 0.278. The van der Waals surface area contributed by atoms with E-state index in [0.29, 0.717) is 5.92 Å². The lowest BCUT2D eigenvalue weighted by Gasteiger charge is -2.34. The Labute approximate surface area is 248 Å². The summed E-state index contributed by atoms with van der Waals surface area (Å²) in [6.45, 7) is 22.0. The average Bonchev–Trinajstić information content (AvgIpc) is 3.26. The standard InChI is InChI=1S/C41H44/c1-8-9-29(5)39-30(6)24-38-26-37(31(7)40(38)41(39)36-20-10-28(4)11-21-36)25-34-16-14-32(15-17-34)12-13-33-18-22-35(23-19-33)27(2)3/h10-11,14-25,40-41H,2,5,7-9,12-13,26H2,1,3-4,6H3. The maximum atomic E-state index is 4.70. The summed E-state index contributed by atoms with van der Waals surface area (Å²) in [6.07, 6.45) is 10.00. The highest BCUT2D eigenvalue weighted by Gasteiger charge is 2.40. The number of benzene rings is 3. The Morgan fingerprint density at radius 1 is 0.829 bits per heavy atom. The summed E-state index contributed by atoms with van der Waals surface area (Å²) in [5.41, 5.74) is 17.2. The maximum Gasteiger partial charge on any atom is 0.0201 e. The summed E-state index contributed by atoms with van der Waals surface area (Å²) in [5, 5.41) is 0. The van der Waals surface area contributed by atoms with Crippen LogP contribution in [0.2, 0.25) is 0 Å². The van der Waals surface area contributed by atoms with E-state index in [1.54, 1.807) is 0 Å². The zero-order valence-corrected chi connectivity index (χ0v) is 25.4. The van der Waals surface area contributed by atoms with Crippen molar-refractivity contribution in [2.45, 2.75) is 65.7 Å². The van der Waals surface area contributed by atoms with Gasteiger partial charge in [-0.2, -0.15) is 0 Å². The molecule has 0 aromatic heterocycles. The zero-order valence-electron chi connectivity index (χ0n) is 25.4. The Kier molecular flexibility index (Phi) is 8.60. The fourth-order valence-corrected chi connectivity index (χ4v) is 6.63. The molecule has 0 amide bonds. The van der Waals surface area contributed by atoms with Crippen molar-refractivity contribution in [1.29, 1.82) is 0 Å². The molecule has 2 aliphatic carbocycles. The summed E-state index contributed by atoms with van der Waals surface area (Å²) >= 11 is 0. The van der Waals surface area contributed by atoms with Crippen molar-refractivity contribution in [3.63, 3.8) is 0 Å². The largest absolute Gasteiger partial charge is 0.0955 e. The molecule has 0 spiro atoms. The lowest BCUT2D eigenvalue weighted by molar-refractivity contribution is 0.619. The number of allylic oxidation sites excluding steroid dienone is 8. The van der Waals surface area contributed by atoms with Gasteiger partial charge < -0.3 is 0 Å². The molecule has 0 N–H and O–H groups in total. The lowest BCUT2D eigenvalue weighted by Crippen LogP contribution is -2.21. The van der Waals surface area contributed by atoms with Crippen LogP contribution in [0, 0.1) is 12.8 Å². The van der Waals surface area contributed by atoms with Crippen LogP contribution in [0.15, 0.2) is 132 Å². The van der Waals surface area contributed by atoms with Gasteiger partial charge in [0.2, 0.25) is 0 Å². The van der Waals surface area contributed by atoms with Crippen molar-refractivity contribution in [1.82, 2.24) is 0 Å². The Hall–Kier alpha value is -3.90. The van der Waals surface area contributed by atoms with Crippen molar-refractivity contribution >= 4 is 11.6 Å². The van der Waals surface area contributed by atoms with Crippen molar-refractivity contribution in [2.75, 3.05) is 0 Å². The van der Waals surface area contributed by atoms with E-state index in [4.69, 9.17) is 6.58 Å². The highest BCUT2D eigenvalue weighted by Crippen LogP contribution is 2.55. The van der Waals surface area contributed by atoms with Crippen molar-refractivity contribution in [2.24, 2.45) is 5.92 Å². The van der Waals surface area contributed by atoms with Crippen LogP contribution in [-0.4, -0.2) is 0 Å². The van der Waals surface area contributed by atoms with Gasteiger partial charge in [-0.1, -0.05) is 140 Å². The third kappa shape index (κ3) is 6.23. The van der Waals surface area contributed by atoms with Crippen LogP contribution in [0.1, 0.15) is 79.3 Å². The van der Waals surface area contributed by atoms with E-state index in [-0.39, 0.29) is 5.92 Å². The third-order valence-electron chi connectivity index (χ3n) is 8.89. The molecule has 0 bridgehead atoms. The molecule has 2 aliphatic rings. The fourth-order valence-electron chi connectivity index (χ4n) is 6.63. The summed E-state index contributed by atoms with van der Waals surface area (Å²) in [5.74, 6) is 0.576. The highest BCUT2D eigenvalue weighted by atomic mass is 14.4. The predicted molar refractivity (Wildman–Crippen MR) is 179 cm³/mol. The maximum absolute atomic E-state index is 4.70. The van der Waals surface area contributed by atoms with E-state index in [2.05, 4.69) is 126 Å². The molecule has 0 heteroatoms. The molecule has 3 aromatic carbocycles. The second-order valence-corrected chi connectivity index (χ2v) is 12.1. The molecule has 2 atom stereocenters. The molecular formula is C41H44. The Bertz CT molecular complexity index is 1550. The monoisotopic (exact) mass is 536 g/mol. The number of fused-ring (bicyclic) bond motifs is 1. The van der Waals surface area contributed by atoms with Gasteiger partial charge in [-0.3, -0.25) is 0 Å². The van der Waals surface area contributed by atoms with Crippen LogP contribution in [0.5, 0.6) is 0 Å². The second kappa shape index (κ2) is 12.3. The molecule has 0 heterocycles.